The van der Waals surface area contributed by atoms with Crippen LogP contribution in [-0.4, -0.2) is 20.1 Å². The maximum atomic E-state index is 10.7. The molecule has 2 heterocycles. The predicted molar refractivity (Wildman–Crippen MR) is 187 cm³/mol. The molecule has 5 heteroatoms. The molecule has 0 aliphatic carbocycles. The van der Waals surface area contributed by atoms with Crippen molar-refractivity contribution in [2.75, 3.05) is 4.90 Å². The SMILES string of the molecule is Cc1cc(-c2ccccc2)cc(C)c1N(c1cccc(-c2cc(-c3ccccc3)nc(-c3ccccc3O)n2)c1)c1ccccn1. The zero-order chi connectivity index (χ0) is 31.5. The number of anilines is 3. The van der Waals surface area contributed by atoms with Gasteiger partial charge in [-0.2, -0.15) is 0 Å². The fourth-order valence-electron chi connectivity index (χ4n) is 5.91. The Morgan fingerprint density at radius 3 is 1.80 bits per heavy atom. The van der Waals surface area contributed by atoms with Crippen molar-refractivity contribution >= 4 is 17.2 Å². The lowest BCUT2D eigenvalue weighted by molar-refractivity contribution is 0.477. The van der Waals surface area contributed by atoms with Crippen LogP contribution in [0.2, 0.25) is 0 Å². The van der Waals surface area contributed by atoms with Crippen LogP contribution in [0.25, 0.3) is 45.0 Å². The average Bonchev–Trinajstić information content (AvgIpc) is 3.11. The molecule has 7 rings (SSSR count). The minimum absolute atomic E-state index is 0.138. The molecule has 46 heavy (non-hydrogen) atoms. The zero-order valence-corrected chi connectivity index (χ0v) is 25.7. The molecule has 0 amide bonds. The van der Waals surface area contributed by atoms with Crippen molar-refractivity contribution in [3.63, 3.8) is 0 Å². The molecular formula is C41H32N4O. The number of aromatic hydroxyl groups is 1. The Morgan fingerprint density at radius 2 is 1.13 bits per heavy atom. The first-order valence-electron chi connectivity index (χ1n) is 15.3. The lowest BCUT2D eigenvalue weighted by atomic mass is 9.97. The smallest absolute Gasteiger partial charge is 0.164 e. The van der Waals surface area contributed by atoms with Crippen molar-refractivity contribution in [1.29, 1.82) is 0 Å². The highest BCUT2D eigenvalue weighted by molar-refractivity contribution is 5.84. The third-order valence-electron chi connectivity index (χ3n) is 8.04. The van der Waals surface area contributed by atoms with Crippen LogP contribution in [0.15, 0.2) is 152 Å². The first kappa shape index (κ1) is 28.7. The van der Waals surface area contributed by atoms with E-state index >= 15 is 0 Å². The number of phenols is 1. The Hall–Kier alpha value is -6.07. The van der Waals surface area contributed by atoms with E-state index < -0.39 is 0 Å². The summed E-state index contributed by atoms with van der Waals surface area (Å²) in [6, 6.07) is 48.5. The first-order chi connectivity index (χ1) is 22.5. The maximum Gasteiger partial charge on any atom is 0.164 e. The van der Waals surface area contributed by atoms with Crippen LogP contribution in [0, 0.1) is 13.8 Å². The van der Waals surface area contributed by atoms with Gasteiger partial charge in [-0.3, -0.25) is 4.90 Å². The summed E-state index contributed by atoms with van der Waals surface area (Å²) in [5.74, 6) is 1.42. The second-order valence-electron chi connectivity index (χ2n) is 11.2. The van der Waals surface area contributed by atoms with E-state index in [9.17, 15) is 5.11 Å². The normalized spacial score (nSPS) is 10.9. The van der Waals surface area contributed by atoms with Gasteiger partial charge in [0.05, 0.1) is 22.6 Å². The van der Waals surface area contributed by atoms with Crippen molar-refractivity contribution in [3.8, 4) is 50.8 Å². The Morgan fingerprint density at radius 1 is 0.522 bits per heavy atom. The molecular weight excluding hydrogens is 564 g/mol. The Bertz CT molecular complexity index is 2110. The van der Waals surface area contributed by atoms with Crippen LogP contribution < -0.4 is 4.90 Å². The predicted octanol–water partition coefficient (Wildman–Crippen LogP) is 10.3. The molecule has 0 saturated carbocycles. The third kappa shape index (κ3) is 5.74. The Balaban J connectivity index is 1.39. The quantitative estimate of drug-likeness (QED) is 0.198. The van der Waals surface area contributed by atoms with Crippen LogP contribution >= 0.6 is 0 Å². The molecule has 0 bridgehead atoms. The summed E-state index contributed by atoms with van der Waals surface area (Å²) in [7, 11) is 0. The van der Waals surface area contributed by atoms with E-state index in [-0.39, 0.29) is 5.75 Å². The number of pyridine rings is 1. The summed E-state index contributed by atoms with van der Waals surface area (Å²) in [6.45, 7) is 4.31. The fourth-order valence-corrected chi connectivity index (χ4v) is 5.91. The van der Waals surface area contributed by atoms with Gasteiger partial charge in [0.2, 0.25) is 0 Å². The average molecular weight is 597 g/mol. The highest BCUT2D eigenvalue weighted by atomic mass is 16.3. The van der Waals surface area contributed by atoms with Crippen molar-refractivity contribution < 1.29 is 5.11 Å². The molecule has 2 aromatic heterocycles. The standard InChI is InChI=1S/C41H32N4O/c1-28-24-33(30-14-5-3-6-15-30)25-29(2)40(28)45(39-22-11-12-23-42-39)34-19-13-18-32(26-34)37-27-36(31-16-7-4-8-17-31)43-41(44-37)35-20-9-10-21-38(35)46/h3-27,46H,1-2H3. The van der Waals surface area contributed by atoms with Gasteiger partial charge < -0.3 is 5.11 Å². The molecule has 0 saturated heterocycles. The van der Waals surface area contributed by atoms with Gasteiger partial charge >= 0.3 is 0 Å². The van der Waals surface area contributed by atoms with Gasteiger partial charge in [0.25, 0.3) is 0 Å². The number of phenolic OH excluding ortho intramolecular Hbond substituents is 1. The molecule has 0 fully saturated rings. The number of aryl methyl sites for hydroxylation is 2. The van der Waals surface area contributed by atoms with Crippen LogP contribution in [0.3, 0.4) is 0 Å². The molecule has 0 radical (unpaired) electrons. The van der Waals surface area contributed by atoms with Crippen LogP contribution in [0.4, 0.5) is 17.2 Å². The second-order valence-corrected chi connectivity index (χ2v) is 11.2. The molecule has 0 unspecified atom stereocenters. The molecule has 1 N–H and O–H groups in total. The minimum atomic E-state index is 0.138. The van der Waals surface area contributed by atoms with Gasteiger partial charge in [-0.15, -0.1) is 0 Å². The van der Waals surface area contributed by atoms with Gasteiger partial charge in [-0.05, 0) is 90.7 Å². The number of para-hydroxylation sites is 1. The van der Waals surface area contributed by atoms with E-state index in [0.29, 0.717) is 11.4 Å². The highest BCUT2D eigenvalue weighted by Gasteiger charge is 2.20. The molecule has 5 aromatic carbocycles. The van der Waals surface area contributed by atoms with Gasteiger partial charge in [0, 0.05) is 23.0 Å². The van der Waals surface area contributed by atoms with E-state index in [0.717, 1.165) is 50.8 Å². The van der Waals surface area contributed by atoms with Gasteiger partial charge in [0.15, 0.2) is 5.82 Å². The third-order valence-corrected chi connectivity index (χ3v) is 8.04. The minimum Gasteiger partial charge on any atom is -0.507 e. The number of hydrogen-bond acceptors (Lipinski definition) is 5. The number of rotatable bonds is 7. The summed E-state index contributed by atoms with van der Waals surface area (Å²) in [5.41, 5.74) is 10.7. The highest BCUT2D eigenvalue weighted by Crippen LogP contribution is 2.41. The van der Waals surface area contributed by atoms with Gasteiger partial charge in [0.1, 0.15) is 11.6 Å². The van der Waals surface area contributed by atoms with Crippen LogP contribution in [-0.2, 0) is 0 Å². The fraction of sp³-hybridized carbons (Fsp3) is 0.0488. The lowest BCUT2D eigenvalue weighted by Gasteiger charge is -2.28. The molecule has 0 aliphatic rings. The second kappa shape index (κ2) is 12.5. The summed E-state index contributed by atoms with van der Waals surface area (Å²) in [6.07, 6.45) is 1.82. The summed E-state index contributed by atoms with van der Waals surface area (Å²) >= 11 is 0. The molecule has 0 atom stereocenters. The van der Waals surface area contributed by atoms with E-state index in [1.54, 1.807) is 12.1 Å². The number of benzene rings is 5. The number of nitrogens with zero attached hydrogens (tertiary/aromatic N) is 4. The molecule has 222 valence electrons. The first-order valence-corrected chi connectivity index (χ1v) is 15.3. The van der Waals surface area contributed by atoms with Crippen LogP contribution in [0.5, 0.6) is 5.75 Å². The molecule has 0 spiro atoms. The van der Waals surface area contributed by atoms with Crippen LogP contribution in [0.1, 0.15) is 11.1 Å². The van der Waals surface area contributed by atoms with E-state index in [2.05, 4.69) is 73.3 Å². The number of aromatic nitrogens is 3. The summed E-state index contributed by atoms with van der Waals surface area (Å²) in [4.78, 5) is 16.9. The molecule has 0 aliphatic heterocycles. The lowest BCUT2D eigenvalue weighted by Crippen LogP contribution is -2.14. The monoisotopic (exact) mass is 596 g/mol. The van der Waals surface area contributed by atoms with Crippen molar-refractivity contribution in [2.45, 2.75) is 13.8 Å². The van der Waals surface area contributed by atoms with Crippen molar-refractivity contribution in [2.24, 2.45) is 0 Å². The van der Waals surface area contributed by atoms with Gasteiger partial charge in [-0.1, -0.05) is 91.0 Å². The number of hydrogen-bond donors (Lipinski definition) is 1. The van der Waals surface area contributed by atoms with E-state index in [4.69, 9.17) is 15.0 Å². The van der Waals surface area contributed by atoms with Crippen molar-refractivity contribution in [1.82, 2.24) is 15.0 Å². The van der Waals surface area contributed by atoms with Crippen molar-refractivity contribution in [3.05, 3.63) is 163 Å². The topological polar surface area (TPSA) is 62.1 Å². The zero-order valence-electron chi connectivity index (χ0n) is 25.7. The van der Waals surface area contributed by atoms with E-state index in [1.807, 2.05) is 85.1 Å². The maximum absolute atomic E-state index is 10.7. The summed E-state index contributed by atoms with van der Waals surface area (Å²) in [5, 5.41) is 10.7. The van der Waals surface area contributed by atoms with Gasteiger partial charge in [-0.25, -0.2) is 15.0 Å². The van der Waals surface area contributed by atoms with E-state index in [1.165, 1.54) is 11.1 Å². The molecule has 7 aromatic rings. The Kier molecular flexibility index (Phi) is 7.80. The largest absolute Gasteiger partial charge is 0.507 e. The Labute approximate surface area is 269 Å². The summed E-state index contributed by atoms with van der Waals surface area (Å²) < 4.78 is 0. The molecule has 5 nitrogen and oxygen atoms in total.